The highest BCUT2D eigenvalue weighted by molar-refractivity contribution is 5.53. The van der Waals surface area contributed by atoms with Crippen LogP contribution in [0.1, 0.15) is 38.3 Å². The van der Waals surface area contributed by atoms with Crippen LogP contribution in [0.15, 0.2) is 83.7 Å². The third-order valence-corrected chi connectivity index (χ3v) is 4.93. The fraction of sp³-hybridized carbons (Fsp3) is 0.296. The summed E-state index contributed by atoms with van der Waals surface area (Å²) < 4.78 is 5.15. The number of rotatable bonds is 8. The molecule has 0 bridgehead atoms. The maximum Gasteiger partial charge on any atom is 0.207 e. The number of carbonyl (C=O) groups is 1. The van der Waals surface area contributed by atoms with Gasteiger partial charge in [-0.2, -0.15) is 0 Å². The molecule has 1 aliphatic rings. The Balaban J connectivity index is 0.000000255. The van der Waals surface area contributed by atoms with Gasteiger partial charge in [0.2, 0.25) is 6.41 Å². The Morgan fingerprint density at radius 2 is 1.69 bits per heavy atom. The lowest BCUT2D eigenvalue weighted by atomic mass is 10.1. The van der Waals surface area contributed by atoms with Crippen LogP contribution < -0.4 is 21.1 Å². The zero-order chi connectivity index (χ0) is 23.3. The van der Waals surface area contributed by atoms with E-state index in [4.69, 9.17) is 10.5 Å². The van der Waals surface area contributed by atoms with Crippen LogP contribution in [0.4, 0.5) is 5.69 Å². The number of nitrogens with two attached hydrogens (primary N) is 1. The van der Waals surface area contributed by atoms with Gasteiger partial charge in [0, 0.05) is 23.1 Å². The summed E-state index contributed by atoms with van der Waals surface area (Å²) in [6.07, 6.45) is 9.70. The van der Waals surface area contributed by atoms with Crippen LogP contribution in [0, 0.1) is 0 Å². The predicted molar refractivity (Wildman–Crippen MR) is 134 cm³/mol. The average molecular weight is 434 g/mol. The molecule has 3 rings (SSSR count). The minimum absolute atomic E-state index is 0.319. The topological polar surface area (TPSA) is 76.4 Å². The molecule has 170 valence electrons. The summed E-state index contributed by atoms with van der Waals surface area (Å²) in [5.74, 6) is 0.844. The van der Waals surface area contributed by atoms with Crippen molar-refractivity contribution in [2.75, 3.05) is 12.4 Å². The molecule has 0 atom stereocenters. The highest BCUT2D eigenvalue weighted by Gasteiger charge is 2.19. The number of methoxy groups -OCH3 is 1. The molecule has 32 heavy (non-hydrogen) atoms. The summed E-state index contributed by atoms with van der Waals surface area (Å²) in [6, 6.07) is 16.5. The minimum Gasteiger partial charge on any atom is -0.497 e. The smallest absolute Gasteiger partial charge is 0.207 e. The Kier molecular flexibility index (Phi) is 10.1. The van der Waals surface area contributed by atoms with Gasteiger partial charge in [0.1, 0.15) is 5.75 Å². The molecule has 0 saturated carbocycles. The lowest BCUT2D eigenvalue weighted by Crippen LogP contribution is -2.27. The van der Waals surface area contributed by atoms with Gasteiger partial charge in [0.25, 0.3) is 0 Å². The molecule has 2 aromatic rings. The number of hydrogen-bond donors (Lipinski definition) is 3. The summed E-state index contributed by atoms with van der Waals surface area (Å²) in [6.45, 7) is 6.16. The van der Waals surface area contributed by atoms with Crippen LogP contribution in [0.25, 0.3) is 0 Å². The third kappa shape index (κ3) is 8.34. The molecule has 4 N–H and O–H groups in total. The number of amides is 1. The van der Waals surface area contributed by atoms with E-state index in [9.17, 15) is 4.79 Å². The van der Waals surface area contributed by atoms with E-state index in [2.05, 4.69) is 35.8 Å². The second kappa shape index (κ2) is 13.1. The number of nitrogens with one attached hydrogen (secondary N) is 2. The molecule has 0 unspecified atom stereocenters. The van der Waals surface area contributed by atoms with E-state index < -0.39 is 0 Å². The zero-order valence-corrected chi connectivity index (χ0v) is 19.5. The van der Waals surface area contributed by atoms with Crippen molar-refractivity contribution >= 4 is 12.1 Å². The molecule has 2 aromatic carbocycles. The van der Waals surface area contributed by atoms with Crippen molar-refractivity contribution in [1.82, 2.24) is 5.32 Å². The first-order chi connectivity index (χ1) is 15.4. The van der Waals surface area contributed by atoms with Crippen LogP contribution in [0.2, 0.25) is 0 Å². The van der Waals surface area contributed by atoms with Crippen LogP contribution in [0.3, 0.4) is 0 Å². The van der Waals surface area contributed by atoms with Gasteiger partial charge in [-0.05, 0) is 80.7 Å². The van der Waals surface area contributed by atoms with Gasteiger partial charge in [-0.15, -0.1) is 0 Å². The first-order valence-corrected chi connectivity index (χ1v) is 10.9. The van der Waals surface area contributed by atoms with Crippen molar-refractivity contribution in [2.24, 2.45) is 5.73 Å². The van der Waals surface area contributed by atoms with Gasteiger partial charge in [0.05, 0.1) is 7.11 Å². The van der Waals surface area contributed by atoms with Crippen molar-refractivity contribution in [1.29, 1.82) is 0 Å². The van der Waals surface area contributed by atoms with Gasteiger partial charge in [-0.25, -0.2) is 0 Å². The molecular weight excluding hydrogens is 398 g/mol. The summed E-state index contributed by atoms with van der Waals surface area (Å²) in [7, 11) is 1.66. The second-order valence-corrected chi connectivity index (χ2v) is 7.95. The number of anilines is 1. The Hall–Kier alpha value is -3.47. The van der Waals surface area contributed by atoms with Gasteiger partial charge in [0.15, 0.2) is 0 Å². The van der Waals surface area contributed by atoms with Crippen molar-refractivity contribution in [2.45, 2.75) is 46.1 Å². The van der Waals surface area contributed by atoms with E-state index in [1.54, 1.807) is 7.11 Å². The second-order valence-electron chi connectivity index (χ2n) is 7.95. The van der Waals surface area contributed by atoms with E-state index >= 15 is 0 Å². The molecule has 0 saturated heterocycles. The van der Waals surface area contributed by atoms with Gasteiger partial charge in [-0.3, -0.25) is 4.79 Å². The quantitative estimate of drug-likeness (QED) is 0.399. The van der Waals surface area contributed by atoms with Crippen molar-refractivity contribution in [3.8, 4) is 5.75 Å². The van der Waals surface area contributed by atoms with E-state index in [1.165, 1.54) is 16.7 Å². The fourth-order valence-electron chi connectivity index (χ4n) is 3.53. The Labute approximate surface area is 192 Å². The first kappa shape index (κ1) is 24.8. The minimum atomic E-state index is 0.319. The Morgan fingerprint density at radius 1 is 1.06 bits per heavy atom. The summed E-state index contributed by atoms with van der Waals surface area (Å²) in [5, 5.41) is 6.17. The number of ether oxygens (including phenoxy) is 1. The fourth-order valence-corrected chi connectivity index (χ4v) is 3.53. The standard InChI is InChI=1S/C17H24N2O.C10H11NO/c1-5-6-16(12-14(18)11-13(2)3)19-15-7-9-17(20-4)10-8-15;12-7-11-10-5-8-3-1-2-4-9(8)6-10/h6-12,19H,5,18H2,1-4H3;1-4,7,10H,5-6H2,(H,11,12)/b14-12+,16-6-;. The highest BCUT2D eigenvalue weighted by atomic mass is 16.5. The van der Waals surface area contributed by atoms with E-state index in [0.29, 0.717) is 6.04 Å². The van der Waals surface area contributed by atoms with E-state index in [0.717, 1.165) is 48.5 Å². The molecule has 0 spiro atoms. The molecule has 0 aromatic heterocycles. The molecular formula is C27H35N3O2. The maximum absolute atomic E-state index is 10.2. The number of carbonyl (C=O) groups excluding carboxylic acids is 1. The lowest BCUT2D eigenvalue weighted by molar-refractivity contribution is -0.110. The van der Waals surface area contributed by atoms with Crippen LogP contribution in [-0.4, -0.2) is 19.6 Å². The third-order valence-electron chi connectivity index (χ3n) is 4.93. The Morgan fingerprint density at radius 3 is 2.19 bits per heavy atom. The molecule has 0 radical (unpaired) electrons. The largest absolute Gasteiger partial charge is 0.497 e. The predicted octanol–water partition coefficient (Wildman–Crippen LogP) is 5.11. The number of fused-ring (bicyclic) bond motifs is 1. The molecule has 5 heteroatoms. The summed E-state index contributed by atoms with van der Waals surface area (Å²) in [4.78, 5) is 10.2. The monoisotopic (exact) mass is 433 g/mol. The number of allylic oxidation sites excluding steroid dienone is 4. The zero-order valence-electron chi connectivity index (χ0n) is 19.5. The Bertz CT molecular complexity index is 930. The molecule has 1 aliphatic carbocycles. The molecule has 5 nitrogen and oxygen atoms in total. The first-order valence-electron chi connectivity index (χ1n) is 10.9. The number of hydrogen-bond acceptors (Lipinski definition) is 4. The SMILES string of the molecule is CC/C=C(/C=C(/N)C=C(C)C)Nc1ccc(OC)cc1.O=CNC1Cc2ccccc2C1. The summed E-state index contributed by atoms with van der Waals surface area (Å²) in [5.41, 5.74) is 12.7. The number of benzene rings is 2. The van der Waals surface area contributed by atoms with Crippen molar-refractivity contribution in [3.63, 3.8) is 0 Å². The molecule has 0 aliphatic heterocycles. The van der Waals surface area contributed by atoms with E-state index in [1.807, 2.05) is 62.4 Å². The van der Waals surface area contributed by atoms with Crippen LogP contribution in [0.5, 0.6) is 5.75 Å². The van der Waals surface area contributed by atoms with Gasteiger partial charge < -0.3 is 21.1 Å². The summed E-state index contributed by atoms with van der Waals surface area (Å²) >= 11 is 0. The van der Waals surface area contributed by atoms with Crippen molar-refractivity contribution < 1.29 is 9.53 Å². The maximum atomic E-state index is 10.2. The van der Waals surface area contributed by atoms with Crippen LogP contribution >= 0.6 is 0 Å². The highest BCUT2D eigenvalue weighted by Crippen LogP contribution is 2.21. The van der Waals surface area contributed by atoms with E-state index in [-0.39, 0.29) is 0 Å². The normalized spacial score (nSPS) is 13.4. The molecule has 0 heterocycles. The average Bonchev–Trinajstić information content (AvgIpc) is 3.17. The van der Waals surface area contributed by atoms with Gasteiger partial charge >= 0.3 is 0 Å². The van der Waals surface area contributed by atoms with Gasteiger partial charge in [-0.1, -0.05) is 42.8 Å². The molecule has 1 amide bonds. The molecule has 0 fully saturated rings. The lowest BCUT2D eigenvalue weighted by Gasteiger charge is -2.09. The van der Waals surface area contributed by atoms with Crippen molar-refractivity contribution in [3.05, 3.63) is 94.9 Å². The van der Waals surface area contributed by atoms with Crippen LogP contribution in [-0.2, 0) is 17.6 Å².